The number of esters is 1. The zero-order valence-electron chi connectivity index (χ0n) is 11.2. The molecule has 0 aliphatic carbocycles. The van der Waals surface area contributed by atoms with Crippen LogP contribution in [0.5, 0.6) is 0 Å². The van der Waals surface area contributed by atoms with Crippen LogP contribution in [0.15, 0.2) is 0 Å². The van der Waals surface area contributed by atoms with Gasteiger partial charge in [-0.05, 0) is 13.8 Å². The van der Waals surface area contributed by atoms with Crippen molar-refractivity contribution in [2.24, 2.45) is 0 Å². The van der Waals surface area contributed by atoms with Gasteiger partial charge in [0.2, 0.25) is 6.10 Å². The summed E-state index contributed by atoms with van der Waals surface area (Å²) >= 11 is 0. The highest BCUT2D eigenvalue weighted by molar-refractivity contribution is 7.87. The van der Waals surface area contributed by atoms with Gasteiger partial charge in [-0.15, -0.1) is 0 Å². The van der Waals surface area contributed by atoms with E-state index < -0.39 is 58.1 Å². The molecular formula is C10H11F3O8S. The van der Waals surface area contributed by atoms with Crippen molar-refractivity contribution in [3.05, 3.63) is 0 Å². The van der Waals surface area contributed by atoms with Crippen LogP contribution in [-0.4, -0.2) is 56.4 Å². The van der Waals surface area contributed by atoms with Crippen LogP contribution in [0.1, 0.15) is 13.8 Å². The topological polar surface area (TPSA) is 97.4 Å². The van der Waals surface area contributed by atoms with Crippen LogP contribution in [0.4, 0.5) is 13.2 Å². The van der Waals surface area contributed by atoms with Gasteiger partial charge in [-0.2, -0.15) is 21.6 Å². The maximum atomic E-state index is 12.3. The molecule has 3 aliphatic rings. The predicted octanol–water partition coefficient (Wildman–Crippen LogP) is 0.0230. The molecule has 8 nitrogen and oxygen atoms in total. The fourth-order valence-corrected chi connectivity index (χ4v) is 3.07. The Morgan fingerprint density at radius 2 is 1.77 bits per heavy atom. The third-order valence-corrected chi connectivity index (χ3v) is 4.35. The molecule has 3 rings (SSSR count). The van der Waals surface area contributed by atoms with Gasteiger partial charge in [0.25, 0.3) is 0 Å². The van der Waals surface area contributed by atoms with Crippen LogP contribution in [0.25, 0.3) is 0 Å². The lowest BCUT2D eigenvalue weighted by Gasteiger charge is -2.21. The maximum Gasteiger partial charge on any atom is 0.523 e. The van der Waals surface area contributed by atoms with Crippen LogP contribution in [0.3, 0.4) is 0 Å². The zero-order valence-corrected chi connectivity index (χ0v) is 12.0. The van der Waals surface area contributed by atoms with E-state index in [1.54, 1.807) is 13.8 Å². The number of rotatable bonds is 2. The molecule has 12 heteroatoms. The Balaban J connectivity index is 1.79. The van der Waals surface area contributed by atoms with Crippen molar-refractivity contribution in [1.82, 2.24) is 0 Å². The Morgan fingerprint density at radius 1 is 1.14 bits per heavy atom. The number of hydrogen-bond acceptors (Lipinski definition) is 8. The molecule has 0 saturated carbocycles. The molecule has 0 amide bonds. The number of hydrogen-bond donors (Lipinski definition) is 0. The molecule has 126 valence electrons. The van der Waals surface area contributed by atoms with E-state index in [4.69, 9.17) is 18.9 Å². The van der Waals surface area contributed by atoms with E-state index in [0.717, 1.165) is 0 Å². The lowest BCUT2D eigenvalue weighted by Crippen LogP contribution is -2.40. The minimum atomic E-state index is -5.96. The third-order valence-electron chi connectivity index (χ3n) is 3.32. The molecule has 3 saturated heterocycles. The van der Waals surface area contributed by atoms with Gasteiger partial charge in [0.15, 0.2) is 24.3 Å². The Bertz CT molecular complexity index is 600. The summed E-state index contributed by atoms with van der Waals surface area (Å²) in [6.45, 7) is 3.14. The van der Waals surface area contributed by atoms with Crippen LogP contribution in [-0.2, 0) is 38.0 Å². The molecule has 3 aliphatic heterocycles. The standard InChI is InChI=1S/C10H11F3O8S/c1-9(2)19-6-4-3(18-8(6)20-9)5(7(14)17-4)21-22(15,16)10(11,12)13/h3-6,8H,1-2H3/t3-,4-,5-,6+,8+/m0/s1. The molecule has 0 aromatic heterocycles. The number of carbonyl (C=O) groups is 1. The summed E-state index contributed by atoms with van der Waals surface area (Å²) in [6, 6.07) is 0. The van der Waals surface area contributed by atoms with Gasteiger partial charge in [-0.3, -0.25) is 0 Å². The predicted molar refractivity (Wildman–Crippen MR) is 58.4 cm³/mol. The third kappa shape index (κ3) is 2.38. The zero-order chi connectivity index (χ0) is 16.5. The largest absolute Gasteiger partial charge is 0.523 e. The highest BCUT2D eigenvalue weighted by atomic mass is 32.2. The molecule has 0 N–H and O–H groups in total. The molecule has 3 fully saturated rings. The quantitative estimate of drug-likeness (QED) is 0.391. The SMILES string of the molecule is CC1(C)O[C@H]2O[C@H]3[C@H](OC(=O)[C@H]3OS(=O)(=O)C(F)(F)F)[C@H]2O1. The molecule has 0 unspecified atom stereocenters. The van der Waals surface area contributed by atoms with E-state index in [1.165, 1.54) is 0 Å². The Labute approximate surface area is 122 Å². The van der Waals surface area contributed by atoms with E-state index in [0.29, 0.717) is 0 Å². The van der Waals surface area contributed by atoms with Gasteiger partial charge in [0.1, 0.15) is 6.10 Å². The molecule has 3 heterocycles. The first-order valence-corrected chi connectivity index (χ1v) is 7.53. The van der Waals surface area contributed by atoms with Crippen LogP contribution in [0, 0.1) is 0 Å². The Morgan fingerprint density at radius 3 is 2.36 bits per heavy atom. The van der Waals surface area contributed by atoms with E-state index >= 15 is 0 Å². The van der Waals surface area contributed by atoms with E-state index in [-0.39, 0.29) is 0 Å². The first-order chi connectivity index (χ1) is 9.91. The molecule has 0 aromatic carbocycles. The van der Waals surface area contributed by atoms with Crippen molar-refractivity contribution >= 4 is 16.1 Å². The van der Waals surface area contributed by atoms with Gasteiger partial charge < -0.3 is 18.9 Å². The number of carbonyl (C=O) groups excluding carboxylic acids is 1. The molecule has 0 bridgehead atoms. The van der Waals surface area contributed by atoms with Crippen molar-refractivity contribution in [3.63, 3.8) is 0 Å². The van der Waals surface area contributed by atoms with Crippen molar-refractivity contribution < 1.29 is 49.5 Å². The van der Waals surface area contributed by atoms with Gasteiger partial charge in [-0.1, -0.05) is 0 Å². The summed E-state index contributed by atoms with van der Waals surface area (Å²) < 4.78 is 83.8. The number of halogens is 3. The summed E-state index contributed by atoms with van der Waals surface area (Å²) in [4.78, 5) is 11.6. The average Bonchev–Trinajstić information content (AvgIpc) is 2.87. The molecule has 5 atom stereocenters. The van der Waals surface area contributed by atoms with Crippen molar-refractivity contribution in [3.8, 4) is 0 Å². The van der Waals surface area contributed by atoms with Crippen LogP contribution < -0.4 is 0 Å². The average molecular weight is 348 g/mol. The smallest absolute Gasteiger partial charge is 0.454 e. The second-order valence-corrected chi connectivity index (χ2v) is 6.95. The summed E-state index contributed by atoms with van der Waals surface area (Å²) in [5.41, 5.74) is -5.66. The number of alkyl halides is 3. The fraction of sp³-hybridized carbons (Fsp3) is 0.900. The monoisotopic (exact) mass is 348 g/mol. The van der Waals surface area contributed by atoms with Crippen molar-refractivity contribution in [2.45, 2.75) is 55.8 Å². The minimum Gasteiger partial charge on any atom is -0.454 e. The molecule has 0 radical (unpaired) electrons. The second-order valence-electron chi connectivity index (χ2n) is 5.39. The van der Waals surface area contributed by atoms with Gasteiger partial charge in [-0.25, -0.2) is 8.98 Å². The fourth-order valence-electron chi connectivity index (χ4n) is 2.50. The molecule has 0 aromatic rings. The van der Waals surface area contributed by atoms with Crippen LogP contribution >= 0.6 is 0 Å². The maximum absolute atomic E-state index is 12.3. The first kappa shape index (κ1) is 15.9. The second kappa shape index (κ2) is 4.54. The van der Waals surface area contributed by atoms with Crippen LogP contribution in [0.2, 0.25) is 0 Å². The highest BCUT2D eigenvalue weighted by Gasteiger charge is 2.65. The minimum absolute atomic E-state index is 0.869. The van der Waals surface area contributed by atoms with Gasteiger partial charge in [0.05, 0.1) is 0 Å². The van der Waals surface area contributed by atoms with E-state index in [1.807, 2.05) is 0 Å². The van der Waals surface area contributed by atoms with E-state index in [2.05, 4.69) is 4.18 Å². The summed E-state index contributed by atoms with van der Waals surface area (Å²) in [5.74, 6) is -2.29. The number of fused-ring (bicyclic) bond motifs is 3. The van der Waals surface area contributed by atoms with Crippen molar-refractivity contribution in [1.29, 1.82) is 0 Å². The molecular weight excluding hydrogens is 337 g/mol. The Hall–Kier alpha value is -0.950. The summed E-state index contributed by atoms with van der Waals surface area (Å²) in [5, 5.41) is 0. The summed E-state index contributed by atoms with van der Waals surface area (Å²) in [6.07, 6.45) is -6.38. The lowest BCUT2D eigenvalue weighted by atomic mass is 10.1. The van der Waals surface area contributed by atoms with Crippen molar-refractivity contribution in [2.75, 3.05) is 0 Å². The Kier molecular flexibility index (Phi) is 3.28. The molecule has 22 heavy (non-hydrogen) atoms. The summed E-state index contributed by atoms with van der Waals surface area (Å²) in [7, 11) is -5.96. The number of ether oxygens (including phenoxy) is 4. The lowest BCUT2D eigenvalue weighted by molar-refractivity contribution is -0.213. The molecule has 0 spiro atoms. The van der Waals surface area contributed by atoms with E-state index in [9.17, 15) is 26.4 Å². The van der Waals surface area contributed by atoms with Gasteiger partial charge in [0, 0.05) is 0 Å². The highest BCUT2D eigenvalue weighted by Crippen LogP contribution is 2.43. The normalized spacial score (nSPS) is 40.4. The first-order valence-electron chi connectivity index (χ1n) is 6.12. The van der Waals surface area contributed by atoms with Gasteiger partial charge >= 0.3 is 21.6 Å².